The number of nitrogens with one attached hydrogen (secondary N) is 1. The van der Waals surface area contributed by atoms with E-state index < -0.39 is 0 Å². The van der Waals surface area contributed by atoms with Gasteiger partial charge in [-0.3, -0.25) is 4.57 Å². The molecular weight excluding hydrogens is 276 g/mol. The third-order valence-corrected chi connectivity index (χ3v) is 3.77. The largest absolute Gasteiger partial charge is 0.354 e. The van der Waals surface area contributed by atoms with Crippen LogP contribution in [0.2, 0.25) is 5.28 Å². The molecule has 2 heterocycles. The van der Waals surface area contributed by atoms with Gasteiger partial charge in [0, 0.05) is 18.9 Å². The van der Waals surface area contributed by atoms with Gasteiger partial charge in [-0.25, -0.2) is 4.98 Å². The first-order valence-corrected chi connectivity index (χ1v) is 7.33. The molecule has 0 spiro atoms. The highest BCUT2D eigenvalue weighted by Gasteiger charge is 2.14. The molecule has 2 aromatic heterocycles. The monoisotopic (exact) mass is 292 g/mol. The van der Waals surface area contributed by atoms with Gasteiger partial charge in [-0.2, -0.15) is 15.0 Å². The Morgan fingerprint density at radius 2 is 2.05 bits per heavy atom. The van der Waals surface area contributed by atoms with Crippen LogP contribution in [0.1, 0.15) is 32.1 Å². The molecule has 106 valence electrons. The molecule has 1 aliphatic rings. The van der Waals surface area contributed by atoms with Gasteiger partial charge in [-0.05, 0) is 30.4 Å². The fourth-order valence-electron chi connectivity index (χ4n) is 2.54. The minimum absolute atomic E-state index is 0.190. The molecule has 1 saturated carbocycles. The lowest BCUT2D eigenvalue weighted by Gasteiger charge is -2.21. The van der Waals surface area contributed by atoms with Crippen LogP contribution in [0, 0.1) is 5.92 Å². The summed E-state index contributed by atoms with van der Waals surface area (Å²) >= 11 is 5.95. The Kier molecular flexibility index (Phi) is 4.11. The van der Waals surface area contributed by atoms with Gasteiger partial charge in [0.25, 0.3) is 0 Å². The number of imidazole rings is 1. The van der Waals surface area contributed by atoms with Crippen LogP contribution in [-0.2, 0) is 0 Å². The predicted molar refractivity (Wildman–Crippen MR) is 77.0 cm³/mol. The molecule has 0 bridgehead atoms. The van der Waals surface area contributed by atoms with Crippen LogP contribution >= 0.6 is 11.6 Å². The van der Waals surface area contributed by atoms with Gasteiger partial charge in [-0.1, -0.05) is 19.3 Å². The van der Waals surface area contributed by atoms with Crippen molar-refractivity contribution < 1.29 is 0 Å². The zero-order valence-corrected chi connectivity index (χ0v) is 11.9. The Bertz CT molecular complexity index is 550. The van der Waals surface area contributed by atoms with E-state index in [2.05, 4.69) is 25.3 Å². The average Bonchev–Trinajstić information content (AvgIpc) is 3.00. The summed E-state index contributed by atoms with van der Waals surface area (Å²) in [4.78, 5) is 16.6. The van der Waals surface area contributed by atoms with Gasteiger partial charge < -0.3 is 5.32 Å². The fourth-order valence-corrected chi connectivity index (χ4v) is 2.69. The summed E-state index contributed by atoms with van der Waals surface area (Å²) in [6, 6.07) is 0. The Morgan fingerprint density at radius 1 is 1.20 bits per heavy atom. The van der Waals surface area contributed by atoms with Crippen LogP contribution in [0.15, 0.2) is 18.7 Å². The van der Waals surface area contributed by atoms with Gasteiger partial charge in [0.2, 0.25) is 17.2 Å². The van der Waals surface area contributed by atoms with Crippen LogP contribution in [0.3, 0.4) is 0 Å². The minimum Gasteiger partial charge on any atom is -0.354 e. The molecule has 0 radical (unpaired) electrons. The van der Waals surface area contributed by atoms with E-state index in [1.807, 2.05) is 0 Å². The number of hydrogen-bond acceptors (Lipinski definition) is 5. The first kappa shape index (κ1) is 13.3. The summed E-state index contributed by atoms with van der Waals surface area (Å²) in [5, 5.41) is 3.47. The van der Waals surface area contributed by atoms with Crippen molar-refractivity contribution in [2.45, 2.75) is 32.1 Å². The first-order chi connectivity index (χ1) is 9.81. The number of nitrogens with zero attached hydrogens (tertiary/aromatic N) is 5. The Labute approximate surface area is 122 Å². The Hall–Kier alpha value is -1.69. The van der Waals surface area contributed by atoms with E-state index in [9.17, 15) is 0 Å². The quantitative estimate of drug-likeness (QED) is 0.938. The van der Waals surface area contributed by atoms with Crippen molar-refractivity contribution in [3.05, 3.63) is 24.0 Å². The molecule has 2 aromatic rings. The molecular formula is C13H17ClN6. The van der Waals surface area contributed by atoms with Crippen molar-refractivity contribution in [3.63, 3.8) is 0 Å². The van der Waals surface area contributed by atoms with Crippen molar-refractivity contribution in [3.8, 4) is 5.95 Å². The van der Waals surface area contributed by atoms with Gasteiger partial charge in [0.1, 0.15) is 6.33 Å². The lowest BCUT2D eigenvalue weighted by molar-refractivity contribution is 0.373. The maximum Gasteiger partial charge on any atom is 0.241 e. The van der Waals surface area contributed by atoms with Crippen molar-refractivity contribution in [2.24, 2.45) is 5.92 Å². The molecule has 1 N–H and O–H groups in total. The maximum absolute atomic E-state index is 5.95. The van der Waals surface area contributed by atoms with Crippen LogP contribution in [-0.4, -0.2) is 31.0 Å². The molecule has 0 aromatic carbocycles. The van der Waals surface area contributed by atoms with E-state index in [1.54, 1.807) is 23.3 Å². The van der Waals surface area contributed by atoms with Crippen LogP contribution in [0.4, 0.5) is 5.95 Å². The molecule has 0 amide bonds. The average molecular weight is 293 g/mol. The number of anilines is 1. The normalized spacial score (nSPS) is 16.2. The van der Waals surface area contributed by atoms with Crippen LogP contribution in [0.5, 0.6) is 0 Å². The second-order valence-electron chi connectivity index (χ2n) is 5.08. The molecule has 7 heteroatoms. The van der Waals surface area contributed by atoms with Gasteiger partial charge in [0.05, 0.1) is 0 Å². The molecule has 1 aliphatic carbocycles. The van der Waals surface area contributed by atoms with E-state index in [4.69, 9.17) is 11.6 Å². The molecule has 0 atom stereocenters. The summed E-state index contributed by atoms with van der Waals surface area (Å²) in [7, 11) is 0. The van der Waals surface area contributed by atoms with E-state index in [0.29, 0.717) is 17.8 Å². The lowest BCUT2D eigenvalue weighted by Crippen LogP contribution is -2.19. The van der Waals surface area contributed by atoms with Crippen molar-refractivity contribution in [2.75, 3.05) is 11.9 Å². The van der Waals surface area contributed by atoms with Gasteiger partial charge >= 0.3 is 0 Å². The lowest BCUT2D eigenvalue weighted by atomic mass is 9.89. The molecule has 3 rings (SSSR count). The van der Waals surface area contributed by atoms with Crippen molar-refractivity contribution in [1.82, 2.24) is 24.5 Å². The van der Waals surface area contributed by atoms with Crippen LogP contribution in [0.25, 0.3) is 5.95 Å². The second-order valence-corrected chi connectivity index (χ2v) is 5.42. The summed E-state index contributed by atoms with van der Waals surface area (Å²) < 4.78 is 1.71. The highest BCUT2D eigenvalue weighted by atomic mass is 35.5. The minimum atomic E-state index is 0.190. The first-order valence-electron chi connectivity index (χ1n) is 6.95. The predicted octanol–water partition coefficient (Wildman–Crippen LogP) is 2.70. The van der Waals surface area contributed by atoms with E-state index in [0.717, 1.165) is 6.54 Å². The summed E-state index contributed by atoms with van der Waals surface area (Å²) in [6.07, 6.45) is 11.6. The smallest absolute Gasteiger partial charge is 0.241 e. The highest BCUT2D eigenvalue weighted by molar-refractivity contribution is 6.28. The number of hydrogen-bond donors (Lipinski definition) is 1. The molecule has 0 unspecified atom stereocenters. The highest BCUT2D eigenvalue weighted by Crippen LogP contribution is 2.23. The molecule has 1 fully saturated rings. The fraction of sp³-hybridized carbons (Fsp3) is 0.538. The van der Waals surface area contributed by atoms with Gasteiger partial charge in [0.15, 0.2) is 0 Å². The number of rotatable bonds is 4. The third kappa shape index (κ3) is 3.25. The zero-order chi connectivity index (χ0) is 13.8. The number of halogens is 1. The molecule has 0 saturated heterocycles. The third-order valence-electron chi connectivity index (χ3n) is 3.61. The SMILES string of the molecule is Clc1nc(NCC2CCCCC2)nc(-n2ccnc2)n1. The summed E-state index contributed by atoms with van der Waals surface area (Å²) in [6.45, 7) is 0.893. The molecule has 0 aliphatic heterocycles. The van der Waals surface area contributed by atoms with Crippen molar-refractivity contribution >= 4 is 17.5 Å². The van der Waals surface area contributed by atoms with E-state index >= 15 is 0 Å². The number of aromatic nitrogens is 5. The summed E-state index contributed by atoms with van der Waals surface area (Å²) in [5.41, 5.74) is 0. The topological polar surface area (TPSA) is 68.5 Å². The summed E-state index contributed by atoms with van der Waals surface area (Å²) in [5.74, 6) is 1.71. The van der Waals surface area contributed by atoms with Gasteiger partial charge in [-0.15, -0.1) is 0 Å². The Balaban J connectivity index is 1.69. The van der Waals surface area contributed by atoms with E-state index in [-0.39, 0.29) is 5.28 Å². The standard InChI is InChI=1S/C13H17ClN6/c14-11-17-12(16-8-10-4-2-1-3-5-10)19-13(18-11)20-7-6-15-9-20/h6-7,9-10H,1-5,8H2,(H,16,17,18,19). The van der Waals surface area contributed by atoms with E-state index in [1.165, 1.54) is 32.1 Å². The second kappa shape index (κ2) is 6.17. The van der Waals surface area contributed by atoms with Crippen molar-refractivity contribution in [1.29, 1.82) is 0 Å². The maximum atomic E-state index is 5.95. The van der Waals surface area contributed by atoms with Crippen LogP contribution < -0.4 is 5.32 Å². The Morgan fingerprint density at radius 3 is 2.80 bits per heavy atom. The zero-order valence-electron chi connectivity index (χ0n) is 11.2. The molecule has 20 heavy (non-hydrogen) atoms. The molecule has 6 nitrogen and oxygen atoms in total.